The van der Waals surface area contributed by atoms with E-state index in [1.165, 1.54) is 31.3 Å². The molecule has 1 aromatic heterocycles. The molecule has 0 aromatic carbocycles. The molecule has 15 nitrogen and oxygen atoms in total. The van der Waals surface area contributed by atoms with Crippen LogP contribution in [-0.4, -0.2) is 109 Å². The normalized spacial score (nSPS) is 19.5. The number of aliphatic carboxylic acids is 1. The minimum atomic E-state index is -1.44. The van der Waals surface area contributed by atoms with Crippen LogP contribution in [0.2, 0.25) is 0 Å². The number of aliphatic hydroxyl groups is 2. The second-order valence-electron chi connectivity index (χ2n) is 8.61. The highest BCUT2D eigenvalue weighted by atomic mass is 16.4. The van der Waals surface area contributed by atoms with Gasteiger partial charge in [-0.2, -0.15) is 0 Å². The van der Waals surface area contributed by atoms with Gasteiger partial charge in [0.1, 0.15) is 30.2 Å². The predicted molar refractivity (Wildman–Crippen MR) is 123 cm³/mol. The van der Waals surface area contributed by atoms with E-state index in [0.717, 1.165) is 0 Å². The largest absolute Gasteiger partial charge is 0.480 e. The third kappa shape index (κ3) is 7.47. The molecule has 2 heterocycles. The molecule has 1 saturated heterocycles. The topological polar surface area (TPSA) is 240 Å². The standard InChI is InChI=1S/C21H33N7O8/c1-10(21(35)36)25-18(32)15-4-3-5-28(15)20(34)14(8-29)27-17(31)13(6-12-7-23-9-24-12)26-19(33)16(22)11(2)30/h7,9-11,13-16,29-30H,3-6,8,22H2,1-2H3,(H,23,24)(H,25,32)(H,26,33)(H,27,31)(H,35,36)/t10-,11+,13-,14-,15-,16-/m0/s1. The minimum absolute atomic E-state index is 0.0573. The van der Waals surface area contributed by atoms with E-state index in [2.05, 4.69) is 25.9 Å². The molecular weight excluding hydrogens is 478 g/mol. The monoisotopic (exact) mass is 511 g/mol. The first-order valence-electron chi connectivity index (χ1n) is 11.4. The summed E-state index contributed by atoms with van der Waals surface area (Å²) in [5, 5.41) is 35.6. The fourth-order valence-electron chi connectivity index (χ4n) is 3.64. The second kappa shape index (κ2) is 12.9. The summed E-state index contributed by atoms with van der Waals surface area (Å²) >= 11 is 0. The molecule has 2 rings (SSSR count). The fourth-order valence-corrected chi connectivity index (χ4v) is 3.64. The van der Waals surface area contributed by atoms with E-state index in [-0.39, 0.29) is 19.4 Å². The molecule has 0 radical (unpaired) electrons. The third-order valence-corrected chi connectivity index (χ3v) is 5.80. The maximum atomic E-state index is 13.1. The van der Waals surface area contributed by atoms with Crippen molar-refractivity contribution in [2.24, 2.45) is 5.73 Å². The van der Waals surface area contributed by atoms with Gasteiger partial charge in [-0.05, 0) is 26.7 Å². The van der Waals surface area contributed by atoms with Crippen LogP contribution in [0.5, 0.6) is 0 Å². The number of aliphatic hydroxyl groups excluding tert-OH is 2. The van der Waals surface area contributed by atoms with Crippen LogP contribution in [0.25, 0.3) is 0 Å². The number of carbonyl (C=O) groups is 5. The van der Waals surface area contributed by atoms with E-state index < -0.39 is 72.5 Å². The highest BCUT2D eigenvalue weighted by molar-refractivity contribution is 5.95. The summed E-state index contributed by atoms with van der Waals surface area (Å²) in [5.41, 5.74) is 6.13. The Hall–Kier alpha value is -3.56. The Bertz CT molecular complexity index is 939. The van der Waals surface area contributed by atoms with E-state index in [1.807, 2.05) is 0 Å². The first kappa shape index (κ1) is 28.7. The molecule has 1 aliphatic rings. The average molecular weight is 512 g/mol. The number of carboxylic acid groups (broad SMARTS) is 1. The zero-order valence-electron chi connectivity index (χ0n) is 20.0. The zero-order chi connectivity index (χ0) is 27.0. The minimum Gasteiger partial charge on any atom is -0.480 e. The Labute approximate surface area is 206 Å². The van der Waals surface area contributed by atoms with Crippen LogP contribution in [0.15, 0.2) is 12.5 Å². The number of hydrogen-bond donors (Lipinski definition) is 8. The van der Waals surface area contributed by atoms with Crippen molar-refractivity contribution in [3.8, 4) is 0 Å². The van der Waals surface area contributed by atoms with Gasteiger partial charge >= 0.3 is 5.97 Å². The van der Waals surface area contributed by atoms with Crippen molar-refractivity contribution in [3.05, 3.63) is 18.2 Å². The van der Waals surface area contributed by atoms with E-state index in [4.69, 9.17) is 10.8 Å². The number of carboxylic acids is 1. The highest BCUT2D eigenvalue weighted by Crippen LogP contribution is 2.19. The molecule has 0 aliphatic carbocycles. The van der Waals surface area contributed by atoms with Gasteiger partial charge in [-0.3, -0.25) is 24.0 Å². The van der Waals surface area contributed by atoms with Crippen LogP contribution in [0.3, 0.4) is 0 Å². The number of hydrogen-bond acceptors (Lipinski definition) is 9. The van der Waals surface area contributed by atoms with E-state index in [1.54, 1.807) is 0 Å². The van der Waals surface area contributed by atoms with Gasteiger partial charge in [0.05, 0.1) is 19.0 Å². The van der Waals surface area contributed by atoms with Crippen molar-refractivity contribution < 1.29 is 39.3 Å². The number of rotatable bonds is 12. The molecule has 200 valence electrons. The summed E-state index contributed by atoms with van der Waals surface area (Å²) in [6.45, 7) is 1.98. The number of amides is 4. The fraction of sp³-hybridized carbons (Fsp3) is 0.619. The summed E-state index contributed by atoms with van der Waals surface area (Å²) in [6, 6.07) is -6.11. The van der Waals surface area contributed by atoms with Gasteiger partial charge in [-0.15, -0.1) is 0 Å². The molecule has 0 bridgehead atoms. The lowest BCUT2D eigenvalue weighted by molar-refractivity contribution is -0.145. The highest BCUT2D eigenvalue weighted by Gasteiger charge is 2.39. The Morgan fingerprint density at radius 1 is 1.17 bits per heavy atom. The number of nitrogens with one attached hydrogen (secondary N) is 4. The van der Waals surface area contributed by atoms with Gasteiger partial charge in [0.15, 0.2) is 0 Å². The lowest BCUT2D eigenvalue weighted by atomic mass is 10.1. The van der Waals surface area contributed by atoms with Gasteiger partial charge in [0, 0.05) is 24.9 Å². The molecule has 0 saturated carbocycles. The van der Waals surface area contributed by atoms with Crippen LogP contribution in [0.1, 0.15) is 32.4 Å². The first-order chi connectivity index (χ1) is 17.0. The lowest BCUT2D eigenvalue weighted by Crippen LogP contribution is -2.60. The molecule has 36 heavy (non-hydrogen) atoms. The van der Waals surface area contributed by atoms with Gasteiger partial charge in [-0.1, -0.05) is 0 Å². The molecule has 15 heteroatoms. The molecule has 0 unspecified atom stereocenters. The van der Waals surface area contributed by atoms with Gasteiger partial charge in [0.2, 0.25) is 23.6 Å². The lowest BCUT2D eigenvalue weighted by Gasteiger charge is -2.29. The van der Waals surface area contributed by atoms with Crippen LogP contribution in [-0.2, 0) is 30.4 Å². The smallest absolute Gasteiger partial charge is 0.325 e. The molecule has 4 amide bonds. The van der Waals surface area contributed by atoms with Crippen LogP contribution < -0.4 is 21.7 Å². The van der Waals surface area contributed by atoms with Gasteiger partial charge in [0.25, 0.3) is 0 Å². The number of nitrogens with zero attached hydrogens (tertiary/aromatic N) is 2. The number of imidazole rings is 1. The molecular formula is C21H33N7O8. The van der Waals surface area contributed by atoms with Gasteiger partial charge in [-0.25, -0.2) is 4.98 Å². The van der Waals surface area contributed by atoms with Crippen molar-refractivity contribution in [1.29, 1.82) is 0 Å². The molecule has 1 aromatic rings. The summed E-state index contributed by atoms with van der Waals surface area (Å²) in [4.78, 5) is 69.9. The third-order valence-electron chi connectivity index (χ3n) is 5.80. The SMILES string of the molecule is C[C@H](NC(=O)[C@@H]1CCCN1C(=O)[C@H](CO)NC(=O)[C@H](Cc1cnc[nH]1)NC(=O)[C@@H](N)[C@@H](C)O)C(=O)O. The number of nitrogens with two attached hydrogens (primary N) is 1. The van der Waals surface area contributed by atoms with Crippen molar-refractivity contribution in [2.45, 2.75) is 69.4 Å². The molecule has 6 atom stereocenters. The van der Waals surface area contributed by atoms with Gasteiger partial charge < -0.3 is 46.9 Å². The molecule has 9 N–H and O–H groups in total. The van der Waals surface area contributed by atoms with Crippen molar-refractivity contribution in [3.63, 3.8) is 0 Å². The maximum absolute atomic E-state index is 13.1. The van der Waals surface area contributed by atoms with E-state index in [9.17, 15) is 34.2 Å². The maximum Gasteiger partial charge on any atom is 0.325 e. The summed E-state index contributed by atoms with van der Waals surface area (Å²) < 4.78 is 0. The predicted octanol–water partition coefficient (Wildman–Crippen LogP) is -3.80. The summed E-state index contributed by atoms with van der Waals surface area (Å²) in [5.74, 6) is -4.25. The Balaban J connectivity index is 2.13. The van der Waals surface area contributed by atoms with Crippen molar-refractivity contribution >= 4 is 29.6 Å². The zero-order valence-corrected chi connectivity index (χ0v) is 20.0. The Kier molecular flexibility index (Phi) is 10.3. The average Bonchev–Trinajstić information content (AvgIpc) is 3.52. The molecule has 1 aliphatic heterocycles. The Morgan fingerprint density at radius 3 is 2.39 bits per heavy atom. The van der Waals surface area contributed by atoms with Crippen molar-refractivity contribution in [2.75, 3.05) is 13.2 Å². The van der Waals surface area contributed by atoms with E-state index in [0.29, 0.717) is 12.1 Å². The van der Waals surface area contributed by atoms with Crippen LogP contribution in [0, 0.1) is 0 Å². The number of likely N-dealkylation sites (tertiary alicyclic amines) is 1. The number of carbonyl (C=O) groups excluding carboxylic acids is 4. The number of H-pyrrole nitrogens is 1. The summed E-state index contributed by atoms with van der Waals surface area (Å²) in [7, 11) is 0. The van der Waals surface area contributed by atoms with Crippen LogP contribution in [0.4, 0.5) is 0 Å². The van der Waals surface area contributed by atoms with E-state index >= 15 is 0 Å². The van der Waals surface area contributed by atoms with Crippen LogP contribution >= 0.6 is 0 Å². The number of aromatic amines is 1. The second-order valence-corrected chi connectivity index (χ2v) is 8.61. The van der Waals surface area contributed by atoms with Crippen molar-refractivity contribution in [1.82, 2.24) is 30.8 Å². The molecule has 1 fully saturated rings. The summed E-state index contributed by atoms with van der Waals surface area (Å²) in [6.07, 6.45) is 2.31. The first-order valence-corrected chi connectivity index (χ1v) is 11.4. The molecule has 0 spiro atoms. The quantitative estimate of drug-likeness (QED) is 0.136. The Morgan fingerprint density at radius 2 is 1.83 bits per heavy atom. The number of aromatic nitrogens is 2.